The van der Waals surface area contributed by atoms with Gasteiger partial charge in [-0.1, -0.05) is 23.7 Å². The minimum Gasteiger partial charge on any atom is -0.392 e. The molecule has 2 aliphatic heterocycles. The fourth-order valence-electron chi connectivity index (χ4n) is 3.00. The van der Waals surface area contributed by atoms with Gasteiger partial charge in [0.15, 0.2) is 0 Å². The molecule has 2 fully saturated rings. The summed E-state index contributed by atoms with van der Waals surface area (Å²) in [6.45, 7) is 3.46. The van der Waals surface area contributed by atoms with Crippen LogP contribution < -0.4 is 10.2 Å². The highest BCUT2D eigenvalue weighted by Gasteiger charge is 2.32. The molecule has 0 aromatic heterocycles. The van der Waals surface area contributed by atoms with E-state index in [1.165, 1.54) is 0 Å². The Kier molecular flexibility index (Phi) is 4.33. The lowest BCUT2D eigenvalue weighted by atomic mass is 10.1. The Morgan fingerprint density at radius 1 is 1.24 bits per heavy atom. The number of carbonyl (C=O) groups is 1. The van der Waals surface area contributed by atoms with Gasteiger partial charge in [0.25, 0.3) is 0 Å². The largest absolute Gasteiger partial charge is 0.392 e. The molecule has 0 unspecified atom stereocenters. The maximum atomic E-state index is 12.4. The van der Waals surface area contributed by atoms with Crippen molar-refractivity contribution in [2.24, 2.45) is 0 Å². The Labute approximate surface area is 129 Å². The lowest BCUT2D eigenvalue weighted by molar-refractivity contribution is -0.133. The highest BCUT2D eigenvalue weighted by Crippen LogP contribution is 2.26. The minimum atomic E-state index is -0.400. The third-order valence-corrected chi connectivity index (χ3v) is 4.51. The van der Waals surface area contributed by atoms with Crippen LogP contribution in [0.25, 0.3) is 0 Å². The van der Waals surface area contributed by atoms with Crippen molar-refractivity contribution in [2.45, 2.75) is 18.6 Å². The molecule has 0 aliphatic carbocycles. The Morgan fingerprint density at radius 2 is 1.95 bits per heavy atom. The number of amides is 1. The van der Waals surface area contributed by atoms with Crippen LogP contribution in [0.5, 0.6) is 0 Å². The number of hydrogen-bond acceptors (Lipinski definition) is 4. The molecular weight excluding hydrogens is 290 g/mol. The third kappa shape index (κ3) is 3.15. The Morgan fingerprint density at radius 3 is 2.57 bits per heavy atom. The molecule has 2 N–H and O–H groups in total. The Bertz CT molecular complexity index is 517. The molecular formula is C15H20ClN3O2. The van der Waals surface area contributed by atoms with E-state index >= 15 is 0 Å². The van der Waals surface area contributed by atoms with E-state index in [1.807, 2.05) is 29.2 Å². The van der Waals surface area contributed by atoms with Gasteiger partial charge in [-0.05, 0) is 18.6 Å². The predicted molar refractivity (Wildman–Crippen MR) is 82.7 cm³/mol. The van der Waals surface area contributed by atoms with Crippen molar-refractivity contribution in [1.29, 1.82) is 0 Å². The van der Waals surface area contributed by atoms with Gasteiger partial charge < -0.3 is 20.2 Å². The zero-order valence-electron chi connectivity index (χ0n) is 11.8. The first-order valence-electron chi connectivity index (χ1n) is 7.35. The van der Waals surface area contributed by atoms with E-state index in [-0.39, 0.29) is 11.9 Å². The number of carbonyl (C=O) groups excluding carboxylic acids is 1. The number of para-hydroxylation sites is 1. The number of β-amino-alcohol motifs (C(OH)–C–C–N with tert-alkyl or cyclic N) is 1. The van der Waals surface area contributed by atoms with Crippen molar-refractivity contribution in [2.75, 3.05) is 37.6 Å². The van der Waals surface area contributed by atoms with Gasteiger partial charge in [0.05, 0.1) is 22.9 Å². The van der Waals surface area contributed by atoms with Gasteiger partial charge in [-0.15, -0.1) is 0 Å². The van der Waals surface area contributed by atoms with Crippen LogP contribution in [0.15, 0.2) is 24.3 Å². The van der Waals surface area contributed by atoms with E-state index in [0.29, 0.717) is 26.1 Å². The van der Waals surface area contributed by atoms with Crippen LogP contribution >= 0.6 is 11.6 Å². The number of aliphatic hydroxyl groups is 1. The summed E-state index contributed by atoms with van der Waals surface area (Å²) >= 11 is 6.22. The molecule has 3 rings (SSSR count). The molecule has 2 atom stereocenters. The zero-order chi connectivity index (χ0) is 14.8. The Balaban J connectivity index is 1.58. The highest BCUT2D eigenvalue weighted by atomic mass is 35.5. The minimum absolute atomic E-state index is 0.102. The summed E-state index contributed by atoms with van der Waals surface area (Å²) in [4.78, 5) is 16.5. The maximum Gasteiger partial charge on any atom is 0.239 e. The summed E-state index contributed by atoms with van der Waals surface area (Å²) in [5, 5.41) is 13.3. The average Bonchev–Trinajstić information content (AvgIpc) is 2.94. The van der Waals surface area contributed by atoms with Crippen molar-refractivity contribution in [3.05, 3.63) is 29.3 Å². The zero-order valence-corrected chi connectivity index (χ0v) is 12.6. The highest BCUT2D eigenvalue weighted by molar-refractivity contribution is 6.33. The van der Waals surface area contributed by atoms with E-state index in [4.69, 9.17) is 11.6 Å². The lowest BCUT2D eigenvalue weighted by Crippen LogP contribution is -2.53. The molecule has 2 aliphatic rings. The summed E-state index contributed by atoms with van der Waals surface area (Å²) in [6.07, 6.45) is 0.118. The van der Waals surface area contributed by atoms with E-state index < -0.39 is 6.10 Å². The number of nitrogens with one attached hydrogen (secondary N) is 1. The van der Waals surface area contributed by atoms with Gasteiger partial charge in [-0.2, -0.15) is 0 Å². The number of hydrogen-bond donors (Lipinski definition) is 2. The van der Waals surface area contributed by atoms with Gasteiger partial charge in [0.1, 0.15) is 0 Å². The molecule has 1 amide bonds. The average molecular weight is 310 g/mol. The number of benzene rings is 1. The predicted octanol–water partition coefficient (Wildman–Crippen LogP) is 0.711. The fraction of sp³-hybridized carbons (Fsp3) is 0.533. The fourth-order valence-corrected chi connectivity index (χ4v) is 3.26. The lowest BCUT2D eigenvalue weighted by Gasteiger charge is -2.37. The summed E-state index contributed by atoms with van der Waals surface area (Å²) in [7, 11) is 0. The van der Waals surface area contributed by atoms with Crippen molar-refractivity contribution >= 4 is 23.2 Å². The molecule has 114 valence electrons. The van der Waals surface area contributed by atoms with Crippen LogP contribution in [0.2, 0.25) is 5.02 Å². The summed E-state index contributed by atoms with van der Waals surface area (Å²) in [5.41, 5.74) is 1.03. The second kappa shape index (κ2) is 6.22. The molecule has 0 bridgehead atoms. The topological polar surface area (TPSA) is 55.8 Å². The van der Waals surface area contributed by atoms with Crippen LogP contribution in [0.4, 0.5) is 5.69 Å². The quantitative estimate of drug-likeness (QED) is 0.845. The number of nitrogens with zero attached hydrogens (tertiary/aromatic N) is 2. The molecule has 1 aromatic carbocycles. The van der Waals surface area contributed by atoms with Gasteiger partial charge in [-0.25, -0.2) is 0 Å². The van der Waals surface area contributed by atoms with Crippen molar-refractivity contribution in [3.63, 3.8) is 0 Å². The first-order chi connectivity index (χ1) is 10.1. The number of halogens is 1. The Hall–Kier alpha value is -1.30. The smallest absolute Gasteiger partial charge is 0.239 e. The molecule has 0 spiro atoms. The SMILES string of the molecule is O=C([C@@H]1C[C@@H](O)CN1)N1CCN(c2ccccc2Cl)CC1. The van der Waals surface area contributed by atoms with Crippen molar-refractivity contribution in [1.82, 2.24) is 10.2 Å². The van der Waals surface area contributed by atoms with E-state index in [0.717, 1.165) is 23.8 Å². The summed E-state index contributed by atoms with van der Waals surface area (Å²) in [6, 6.07) is 7.56. The van der Waals surface area contributed by atoms with Crippen LogP contribution in [0.3, 0.4) is 0 Å². The maximum absolute atomic E-state index is 12.4. The molecule has 0 saturated carbocycles. The van der Waals surface area contributed by atoms with Crippen LogP contribution in [0.1, 0.15) is 6.42 Å². The van der Waals surface area contributed by atoms with Gasteiger partial charge in [0, 0.05) is 32.7 Å². The first kappa shape index (κ1) is 14.6. The number of piperazine rings is 1. The molecule has 2 saturated heterocycles. The standard InChI is InChI=1S/C15H20ClN3O2/c16-12-3-1-2-4-14(12)18-5-7-19(8-6-18)15(21)13-9-11(20)10-17-13/h1-4,11,13,17,20H,5-10H2/t11-,13+/m1/s1. The number of rotatable bonds is 2. The second-order valence-electron chi connectivity index (χ2n) is 5.61. The van der Waals surface area contributed by atoms with Crippen molar-refractivity contribution < 1.29 is 9.90 Å². The monoisotopic (exact) mass is 309 g/mol. The van der Waals surface area contributed by atoms with Crippen LogP contribution in [-0.2, 0) is 4.79 Å². The number of anilines is 1. The van der Waals surface area contributed by atoms with Gasteiger partial charge in [0.2, 0.25) is 5.91 Å². The van der Waals surface area contributed by atoms with Crippen molar-refractivity contribution in [3.8, 4) is 0 Å². The van der Waals surface area contributed by atoms with Gasteiger partial charge in [-0.3, -0.25) is 4.79 Å². The second-order valence-corrected chi connectivity index (χ2v) is 6.02. The van der Waals surface area contributed by atoms with E-state index in [2.05, 4.69) is 10.2 Å². The molecule has 1 aromatic rings. The van der Waals surface area contributed by atoms with Crippen LogP contribution in [-0.4, -0.2) is 60.8 Å². The summed E-state index contributed by atoms with van der Waals surface area (Å²) in [5.74, 6) is 0.102. The molecule has 21 heavy (non-hydrogen) atoms. The summed E-state index contributed by atoms with van der Waals surface area (Å²) < 4.78 is 0. The van der Waals surface area contributed by atoms with E-state index in [1.54, 1.807) is 0 Å². The van der Waals surface area contributed by atoms with Gasteiger partial charge >= 0.3 is 0 Å². The first-order valence-corrected chi connectivity index (χ1v) is 7.72. The van der Waals surface area contributed by atoms with Crippen LogP contribution in [0, 0.1) is 0 Å². The molecule has 5 nitrogen and oxygen atoms in total. The third-order valence-electron chi connectivity index (χ3n) is 4.19. The molecule has 0 radical (unpaired) electrons. The number of aliphatic hydroxyl groups excluding tert-OH is 1. The molecule has 6 heteroatoms. The normalized spacial score (nSPS) is 26.2. The van der Waals surface area contributed by atoms with E-state index in [9.17, 15) is 9.90 Å². The molecule has 2 heterocycles.